The van der Waals surface area contributed by atoms with Crippen LogP contribution in [0.3, 0.4) is 0 Å². The van der Waals surface area contributed by atoms with E-state index >= 15 is 0 Å². The average Bonchev–Trinajstić information content (AvgIpc) is 2.58. The summed E-state index contributed by atoms with van der Waals surface area (Å²) in [6.45, 7) is 2.37. The summed E-state index contributed by atoms with van der Waals surface area (Å²) in [5.41, 5.74) is 0.850. The maximum Gasteiger partial charge on any atom is 0.239 e. The van der Waals surface area contributed by atoms with Crippen molar-refractivity contribution in [1.29, 1.82) is 0 Å². The van der Waals surface area contributed by atoms with Crippen molar-refractivity contribution in [1.82, 2.24) is 0 Å². The number of rotatable bonds is 8. The lowest BCUT2D eigenvalue weighted by molar-refractivity contribution is -0.114. The standard InChI is InChI=1S/C18H19ClN2O5S/c1-2-26-16-9-7-15(8-10-16)21-18(23)12-27(24,25)11-17(22)20-14-5-3-13(19)4-6-14/h3-10H,2,11-12H2,1H3,(H,20,22)(H,21,23). The number of hydrogen-bond donors (Lipinski definition) is 2. The van der Waals surface area contributed by atoms with Crippen LogP contribution < -0.4 is 15.4 Å². The van der Waals surface area contributed by atoms with E-state index in [1.165, 1.54) is 0 Å². The topological polar surface area (TPSA) is 102 Å². The first-order valence-electron chi connectivity index (χ1n) is 8.06. The van der Waals surface area contributed by atoms with E-state index in [2.05, 4.69) is 10.6 Å². The number of nitrogens with one attached hydrogen (secondary N) is 2. The zero-order valence-corrected chi connectivity index (χ0v) is 16.1. The number of ether oxygens (including phenoxy) is 1. The number of halogens is 1. The zero-order chi connectivity index (χ0) is 19.9. The fraction of sp³-hybridized carbons (Fsp3) is 0.222. The van der Waals surface area contributed by atoms with Crippen molar-refractivity contribution in [3.8, 4) is 5.75 Å². The fourth-order valence-corrected chi connectivity index (χ4v) is 3.35. The maximum atomic E-state index is 12.1. The highest BCUT2D eigenvalue weighted by atomic mass is 35.5. The predicted molar refractivity (Wildman–Crippen MR) is 105 cm³/mol. The zero-order valence-electron chi connectivity index (χ0n) is 14.6. The Balaban J connectivity index is 1.87. The largest absolute Gasteiger partial charge is 0.494 e. The van der Waals surface area contributed by atoms with E-state index in [0.29, 0.717) is 28.8 Å². The summed E-state index contributed by atoms with van der Waals surface area (Å²) in [5.74, 6) is -2.41. The molecule has 0 aliphatic heterocycles. The van der Waals surface area contributed by atoms with Crippen molar-refractivity contribution >= 4 is 44.6 Å². The van der Waals surface area contributed by atoms with E-state index in [-0.39, 0.29) is 0 Å². The molecule has 2 aromatic carbocycles. The highest BCUT2D eigenvalue weighted by Crippen LogP contribution is 2.16. The van der Waals surface area contributed by atoms with Crippen LogP contribution >= 0.6 is 11.6 Å². The molecule has 7 nitrogen and oxygen atoms in total. The van der Waals surface area contributed by atoms with Crippen molar-refractivity contribution in [3.05, 3.63) is 53.6 Å². The van der Waals surface area contributed by atoms with E-state index in [9.17, 15) is 18.0 Å². The molecule has 0 atom stereocenters. The van der Waals surface area contributed by atoms with Crippen molar-refractivity contribution in [3.63, 3.8) is 0 Å². The first-order valence-corrected chi connectivity index (χ1v) is 10.3. The van der Waals surface area contributed by atoms with Gasteiger partial charge in [-0.3, -0.25) is 9.59 Å². The van der Waals surface area contributed by atoms with E-state index in [1.807, 2.05) is 6.92 Å². The number of sulfone groups is 1. The summed E-state index contributed by atoms with van der Waals surface area (Å²) >= 11 is 5.74. The van der Waals surface area contributed by atoms with Crippen LogP contribution in [0.5, 0.6) is 5.75 Å². The lowest BCUT2D eigenvalue weighted by Gasteiger charge is -2.08. The molecule has 0 heterocycles. The van der Waals surface area contributed by atoms with Crippen LogP contribution in [0.4, 0.5) is 11.4 Å². The Labute approximate surface area is 162 Å². The molecular weight excluding hydrogens is 392 g/mol. The minimum Gasteiger partial charge on any atom is -0.494 e. The van der Waals surface area contributed by atoms with E-state index in [0.717, 1.165) is 0 Å². The van der Waals surface area contributed by atoms with Gasteiger partial charge in [0.1, 0.15) is 17.3 Å². The average molecular weight is 411 g/mol. The first kappa shape index (κ1) is 20.7. The second-order valence-corrected chi connectivity index (χ2v) is 8.09. The van der Waals surface area contributed by atoms with Gasteiger partial charge in [0, 0.05) is 16.4 Å². The van der Waals surface area contributed by atoms with Crippen molar-refractivity contribution < 1.29 is 22.7 Å². The van der Waals surface area contributed by atoms with Gasteiger partial charge in [-0.15, -0.1) is 0 Å². The van der Waals surface area contributed by atoms with Gasteiger partial charge in [0.25, 0.3) is 0 Å². The summed E-state index contributed by atoms with van der Waals surface area (Å²) in [6, 6.07) is 12.7. The summed E-state index contributed by atoms with van der Waals surface area (Å²) < 4.78 is 29.4. The van der Waals surface area contributed by atoms with Gasteiger partial charge in [0.15, 0.2) is 9.84 Å². The van der Waals surface area contributed by atoms with Crippen LogP contribution in [0.15, 0.2) is 48.5 Å². The number of amides is 2. The van der Waals surface area contributed by atoms with Crippen LogP contribution in [0.2, 0.25) is 5.02 Å². The number of carbonyl (C=O) groups excluding carboxylic acids is 2. The third-order valence-electron chi connectivity index (χ3n) is 3.28. The highest BCUT2D eigenvalue weighted by molar-refractivity contribution is 7.92. The number of hydrogen-bond acceptors (Lipinski definition) is 5. The molecule has 0 radical (unpaired) electrons. The van der Waals surface area contributed by atoms with E-state index < -0.39 is 33.2 Å². The molecule has 0 aliphatic carbocycles. The smallest absolute Gasteiger partial charge is 0.239 e. The molecule has 0 aliphatic rings. The second kappa shape index (κ2) is 9.38. The van der Waals surface area contributed by atoms with Crippen LogP contribution in [0, 0.1) is 0 Å². The van der Waals surface area contributed by atoms with Gasteiger partial charge < -0.3 is 15.4 Å². The Hall–Kier alpha value is -2.58. The molecule has 144 valence electrons. The predicted octanol–water partition coefficient (Wildman–Crippen LogP) is 2.73. The fourth-order valence-electron chi connectivity index (χ4n) is 2.18. The molecule has 2 aromatic rings. The van der Waals surface area contributed by atoms with Crippen molar-refractivity contribution in [2.24, 2.45) is 0 Å². The Morgan fingerprint density at radius 2 is 1.33 bits per heavy atom. The molecule has 2 rings (SSSR count). The highest BCUT2D eigenvalue weighted by Gasteiger charge is 2.21. The molecule has 9 heteroatoms. The Kier molecular flexibility index (Phi) is 7.20. The molecule has 0 saturated carbocycles. The van der Waals surface area contributed by atoms with Gasteiger partial charge in [-0.05, 0) is 55.5 Å². The first-order chi connectivity index (χ1) is 12.8. The molecule has 0 saturated heterocycles. The molecule has 0 bridgehead atoms. The summed E-state index contributed by atoms with van der Waals surface area (Å²) in [7, 11) is -3.92. The minimum absolute atomic E-state index is 0.415. The molecule has 0 fully saturated rings. The minimum atomic E-state index is -3.92. The Morgan fingerprint density at radius 1 is 0.889 bits per heavy atom. The molecule has 2 amide bonds. The van der Waals surface area contributed by atoms with Crippen LogP contribution in [0.25, 0.3) is 0 Å². The molecule has 2 N–H and O–H groups in total. The lowest BCUT2D eigenvalue weighted by atomic mass is 10.3. The molecule has 0 aromatic heterocycles. The van der Waals surface area contributed by atoms with Crippen molar-refractivity contribution in [2.45, 2.75) is 6.92 Å². The third kappa shape index (κ3) is 7.28. The van der Waals surface area contributed by atoms with Crippen molar-refractivity contribution in [2.75, 3.05) is 28.7 Å². The van der Waals surface area contributed by atoms with E-state index in [1.54, 1.807) is 48.5 Å². The summed E-state index contributed by atoms with van der Waals surface area (Å²) in [4.78, 5) is 23.8. The normalized spacial score (nSPS) is 10.9. The summed E-state index contributed by atoms with van der Waals surface area (Å²) in [5, 5.41) is 5.41. The van der Waals surface area contributed by atoms with E-state index in [4.69, 9.17) is 16.3 Å². The monoisotopic (exact) mass is 410 g/mol. The number of anilines is 2. The van der Waals surface area contributed by atoms with Crippen LogP contribution in [-0.4, -0.2) is 38.3 Å². The maximum absolute atomic E-state index is 12.1. The molecule has 0 unspecified atom stereocenters. The quantitative estimate of drug-likeness (QED) is 0.696. The molecular formula is C18H19ClN2O5S. The third-order valence-corrected chi connectivity index (χ3v) is 4.94. The van der Waals surface area contributed by atoms with Gasteiger partial charge in [0.2, 0.25) is 11.8 Å². The number of carbonyl (C=O) groups is 2. The van der Waals surface area contributed by atoms with Gasteiger partial charge in [0.05, 0.1) is 6.61 Å². The SMILES string of the molecule is CCOc1ccc(NC(=O)CS(=O)(=O)CC(=O)Nc2ccc(Cl)cc2)cc1. The van der Waals surface area contributed by atoms with Crippen LogP contribution in [-0.2, 0) is 19.4 Å². The molecule has 27 heavy (non-hydrogen) atoms. The van der Waals surface area contributed by atoms with Gasteiger partial charge in [-0.2, -0.15) is 0 Å². The number of benzene rings is 2. The Bertz CT molecular complexity index is 896. The summed E-state index contributed by atoms with van der Waals surface area (Å²) in [6.07, 6.45) is 0. The van der Waals surface area contributed by atoms with Crippen LogP contribution in [0.1, 0.15) is 6.92 Å². The van der Waals surface area contributed by atoms with Gasteiger partial charge in [-0.1, -0.05) is 11.6 Å². The second-order valence-electron chi connectivity index (χ2n) is 5.59. The Morgan fingerprint density at radius 3 is 1.78 bits per heavy atom. The van der Waals surface area contributed by atoms with Gasteiger partial charge in [-0.25, -0.2) is 8.42 Å². The lowest BCUT2D eigenvalue weighted by Crippen LogP contribution is -2.30. The van der Waals surface area contributed by atoms with Gasteiger partial charge >= 0.3 is 0 Å². The molecule has 0 spiro atoms.